The van der Waals surface area contributed by atoms with Crippen LogP contribution in [0.3, 0.4) is 0 Å². The van der Waals surface area contributed by atoms with Crippen LogP contribution >= 0.6 is 11.6 Å². The highest BCUT2D eigenvalue weighted by Crippen LogP contribution is 2.23. The molecule has 2 rings (SSSR count). The third-order valence-corrected chi connectivity index (χ3v) is 4.57. The summed E-state index contributed by atoms with van der Waals surface area (Å²) in [6, 6.07) is 8.41. The highest BCUT2D eigenvalue weighted by Gasteiger charge is 2.14. The lowest BCUT2D eigenvalue weighted by molar-refractivity contribution is 0.100. The van der Waals surface area contributed by atoms with Crippen LogP contribution in [-0.2, 0) is 16.6 Å². The molecule has 0 bridgehead atoms. The van der Waals surface area contributed by atoms with E-state index in [0.717, 1.165) is 6.07 Å². The third kappa shape index (κ3) is 3.59. The molecule has 0 fully saturated rings. The van der Waals surface area contributed by atoms with Crippen LogP contribution in [0.4, 0.5) is 10.1 Å². The van der Waals surface area contributed by atoms with Crippen molar-refractivity contribution in [2.75, 3.05) is 5.73 Å². The highest BCUT2D eigenvalue weighted by atomic mass is 35.5. The molecule has 1 unspecified atom stereocenters. The van der Waals surface area contributed by atoms with Gasteiger partial charge in [0.2, 0.25) is 5.91 Å². The number of nitrogen functional groups attached to an aromatic ring is 1. The van der Waals surface area contributed by atoms with Crippen LogP contribution < -0.4 is 11.5 Å². The molecule has 0 radical (unpaired) electrons. The zero-order valence-electron chi connectivity index (χ0n) is 10.8. The number of nitrogens with two attached hydrogens (primary N) is 2. The predicted molar refractivity (Wildman–Crippen MR) is 80.9 cm³/mol. The van der Waals surface area contributed by atoms with Gasteiger partial charge in [0.05, 0.1) is 21.4 Å². The van der Waals surface area contributed by atoms with E-state index in [4.69, 9.17) is 23.1 Å². The summed E-state index contributed by atoms with van der Waals surface area (Å²) in [5.41, 5.74) is 11.6. The van der Waals surface area contributed by atoms with E-state index in [1.165, 1.54) is 24.3 Å². The molecule has 0 spiro atoms. The Morgan fingerprint density at radius 2 is 1.95 bits per heavy atom. The number of carbonyl (C=O) groups excluding carboxylic acids is 1. The lowest BCUT2D eigenvalue weighted by atomic mass is 10.1. The Balaban J connectivity index is 2.25. The molecule has 0 aliphatic heterocycles. The van der Waals surface area contributed by atoms with Gasteiger partial charge in [-0.05, 0) is 35.9 Å². The molecule has 4 N–H and O–H groups in total. The van der Waals surface area contributed by atoms with E-state index in [2.05, 4.69) is 0 Å². The number of hydrogen-bond acceptors (Lipinski definition) is 3. The van der Waals surface area contributed by atoms with Gasteiger partial charge < -0.3 is 11.5 Å². The van der Waals surface area contributed by atoms with Crippen molar-refractivity contribution in [3.05, 3.63) is 58.4 Å². The Morgan fingerprint density at radius 3 is 2.52 bits per heavy atom. The fraction of sp³-hybridized carbons (Fsp3) is 0.0714. The maximum atomic E-state index is 13.7. The molecule has 0 saturated heterocycles. The number of primary amides is 1. The molecule has 2 aromatic rings. The first kappa shape index (κ1) is 15.5. The molecule has 2 aromatic carbocycles. The quantitative estimate of drug-likeness (QED) is 0.846. The smallest absolute Gasteiger partial charge is 0.248 e. The lowest BCUT2D eigenvalue weighted by Crippen LogP contribution is -2.11. The van der Waals surface area contributed by atoms with Crippen molar-refractivity contribution in [2.24, 2.45) is 5.73 Å². The van der Waals surface area contributed by atoms with E-state index in [-0.39, 0.29) is 26.9 Å². The molecule has 4 nitrogen and oxygen atoms in total. The first-order valence-corrected chi connectivity index (χ1v) is 7.60. The molecular weight excluding hydrogens is 315 g/mol. The summed E-state index contributed by atoms with van der Waals surface area (Å²) in [6.07, 6.45) is 0. The molecule has 7 heteroatoms. The summed E-state index contributed by atoms with van der Waals surface area (Å²) < 4.78 is 25.9. The number of benzene rings is 2. The van der Waals surface area contributed by atoms with Gasteiger partial charge >= 0.3 is 0 Å². The SMILES string of the molecule is NC(=O)c1ccc(CS(=O)c2ccc(N)cc2F)c(Cl)c1. The molecular formula is C14H12ClFN2O2S. The maximum absolute atomic E-state index is 13.7. The molecule has 1 amide bonds. The van der Waals surface area contributed by atoms with Gasteiger partial charge in [-0.3, -0.25) is 9.00 Å². The number of carbonyl (C=O) groups is 1. The van der Waals surface area contributed by atoms with Gasteiger partial charge in [-0.2, -0.15) is 0 Å². The van der Waals surface area contributed by atoms with E-state index in [1.54, 1.807) is 6.07 Å². The van der Waals surface area contributed by atoms with Crippen LogP contribution in [0.15, 0.2) is 41.3 Å². The molecule has 21 heavy (non-hydrogen) atoms. The summed E-state index contributed by atoms with van der Waals surface area (Å²) in [5.74, 6) is -1.20. The van der Waals surface area contributed by atoms with Crippen LogP contribution in [0.1, 0.15) is 15.9 Å². The van der Waals surface area contributed by atoms with Gasteiger partial charge in [0.25, 0.3) is 0 Å². The molecule has 0 aliphatic carbocycles. The zero-order valence-corrected chi connectivity index (χ0v) is 12.4. The molecule has 0 aromatic heterocycles. The van der Waals surface area contributed by atoms with Crippen molar-refractivity contribution in [3.8, 4) is 0 Å². The first-order valence-electron chi connectivity index (χ1n) is 5.90. The van der Waals surface area contributed by atoms with E-state index < -0.39 is 22.5 Å². The largest absolute Gasteiger partial charge is 0.399 e. The minimum absolute atomic E-state index is 0.0265. The predicted octanol–water partition coefficient (Wildman–Crippen LogP) is 2.47. The lowest BCUT2D eigenvalue weighted by Gasteiger charge is -2.07. The monoisotopic (exact) mass is 326 g/mol. The topological polar surface area (TPSA) is 86.2 Å². The fourth-order valence-corrected chi connectivity index (χ4v) is 3.25. The van der Waals surface area contributed by atoms with E-state index in [0.29, 0.717) is 5.56 Å². The van der Waals surface area contributed by atoms with Crippen molar-refractivity contribution in [3.63, 3.8) is 0 Å². The summed E-state index contributed by atoms with van der Waals surface area (Å²) in [5, 5.41) is 0.260. The Morgan fingerprint density at radius 1 is 1.24 bits per heavy atom. The third-order valence-electron chi connectivity index (χ3n) is 2.83. The second-order valence-corrected chi connectivity index (χ2v) is 6.18. The van der Waals surface area contributed by atoms with E-state index in [9.17, 15) is 13.4 Å². The van der Waals surface area contributed by atoms with Gasteiger partial charge in [0, 0.05) is 16.3 Å². The summed E-state index contributed by atoms with van der Waals surface area (Å²) in [7, 11) is -1.61. The van der Waals surface area contributed by atoms with Crippen molar-refractivity contribution in [2.45, 2.75) is 10.6 Å². The van der Waals surface area contributed by atoms with Crippen LogP contribution in [0.5, 0.6) is 0 Å². The highest BCUT2D eigenvalue weighted by molar-refractivity contribution is 7.84. The first-order chi connectivity index (χ1) is 9.88. The summed E-state index contributed by atoms with van der Waals surface area (Å²) in [4.78, 5) is 11.1. The Bertz CT molecular complexity index is 737. The van der Waals surface area contributed by atoms with Gasteiger partial charge in [0.1, 0.15) is 5.82 Å². The van der Waals surface area contributed by atoms with Gasteiger partial charge in [0.15, 0.2) is 0 Å². The second-order valence-electron chi connectivity index (χ2n) is 4.35. The standard InChI is InChI=1S/C14H12ClFN2O2S/c15-11-5-8(14(18)19)1-2-9(11)7-21(20)13-4-3-10(17)6-12(13)16/h1-6H,7,17H2,(H2,18,19). The average Bonchev–Trinajstić information content (AvgIpc) is 2.40. The van der Waals surface area contributed by atoms with E-state index in [1.807, 2.05) is 0 Å². The maximum Gasteiger partial charge on any atom is 0.248 e. The van der Waals surface area contributed by atoms with Crippen LogP contribution in [0.2, 0.25) is 5.02 Å². The summed E-state index contributed by atoms with van der Waals surface area (Å²) >= 11 is 6.01. The minimum Gasteiger partial charge on any atom is -0.399 e. The van der Waals surface area contributed by atoms with Crippen molar-refractivity contribution in [1.82, 2.24) is 0 Å². The number of hydrogen-bond donors (Lipinski definition) is 2. The summed E-state index contributed by atoms with van der Waals surface area (Å²) in [6.45, 7) is 0. The van der Waals surface area contributed by atoms with E-state index >= 15 is 0 Å². The Hall–Kier alpha value is -1.92. The Kier molecular flexibility index (Phi) is 4.59. The van der Waals surface area contributed by atoms with Crippen LogP contribution in [-0.4, -0.2) is 10.1 Å². The van der Waals surface area contributed by atoms with Crippen LogP contribution in [0, 0.1) is 5.82 Å². The van der Waals surface area contributed by atoms with Crippen LogP contribution in [0.25, 0.3) is 0 Å². The number of anilines is 1. The van der Waals surface area contributed by atoms with Gasteiger partial charge in [-0.1, -0.05) is 17.7 Å². The number of amides is 1. The molecule has 0 aliphatic rings. The zero-order chi connectivity index (χ0) is 15.6. The molecule has 0 heterocycles. The second kappa shape index (κ2) is 6.24. The minimum atomic E-state index is -1.61. The molecule has 1 atom stereocenters. The number of halogens is 2. The average molecular weight is 327 g/mol. The number of rotatable bonds is 4. The molecule has 110 valence electrons. The van der Waals surface area contributed by atoms with Crippen molar-refractivity contribution < 1.29 is 13.4 Å². The van der Waals surface area contributed by atoms with Gasteiger partial charge in [-0.25, -0.2) is 4.39 Å². The fourth-order valence-electron chi connectivity index (χ4n) is 1.74. The van der Waals surface area contributed by atoms with Gasteiger partial charge in [-0.15, -0.1) is 0 Å². The normalized spacial score (nSPS) is 12.1. The van der Waals surface area contributed by atoms with Crippen molar-refractivity contribution in [1.29, 1.82) is 0 Å². The molecule has 0 saturated carbocycles. The Labute approximate surface area is 128 Å². The van der Waals surface area contributed by atoms with Crippen molar-refractivity contribution >= 4 is 34.0 Å².